The molecule has 3 atom stereocenters. The standard InChI is InChI=1S/C21H31NO4/c1-14(13-23)20(4,5)21(6,7)26-19(25)16(3)15(2)18(24)22-17-11-9-8-10-12-17/h8-16H,1-7H3,(H,22,24). The number of amides is 1. The number of carbonyl (C=O) groups is 3. The van der Waals surface area contributed by atoms with E-state index in [1.165, 1.54) is 0 Å². The number of benzene rings is 1. The van der Waals surface area contributed by atoms with E-state index in [2.05, 4.69) is 5.32 Å². The monoisotopic (exact) mass is 361 g/mol. The van der Waals surface area contributed by atoms with Gasteiger partial charge in [-0.3, -0.25) is 9.59 Å². The molecule has 0 bridgehead atoms. The Morgan fingerprint density at radius 3 is 2.04 bits per heavy atom. The fraction of sp³-hybridized carbons (Fsp3) is 0.571. The third-order valence-electron chi connectivity index (χ3n) is 5.83. The molecule has 1 aromatic rings. The van der Waals surface area contributed by atoms with Gasteiger partial charge in [0.1, 0.15) is 11.9 Å². The summed E-state index contributed by atoms with van der Waals surface area (Å²) in [5.74, 6) is -2.12. The second-order valence-corrected chi connectivity index (χ2v) is 8.01. The quantitative estimate of drug-likeness (QED) is 0.559. The second kappa shape index (κ2) is 8.47. The smallest absolute Gasteiger partial charge is 0.309 e. The van der Waals surface area contributed by atoms with Crippen molar-refractivity contribution in [3.05, 3.63) is 30.3 Å². The number of nitrogens with one attached hydrogen (secondary N) is 1. The SMILES string of the molecule is CC(C(=O)Nc1ccccc1)C(C)C(=O)OC(C)(C)C(C)(C)C(C)C=O. The molecule has 1 N–H and O–H groups in total. The number of aldehydes is 1. The summed E-state index contributed by atoms with van der Waals surface area (Å²) in [5, 5.41) is 2.80. The number of anilines is 1. The fourth-order valence-corrected chi connectivity index (χ4v) is 2.40. The van der Waals surface area contributed by atoms with Gasteiger partial charge in [-0.1, -0.05) is 52.8 Å². The zero-order valence-corrected chi connectivity index (χ0v) is 16.8. The van der Waals surface area contributed by atoms with Gasteiger partial charge in [-0.25, -0.2) is 0 Å². The Morgan fingerprint density at radius 2 is 1.54 bits per heavy atom. The van der Waals surface area contributed by atoms with Crippen LogP contribution in [0.2, 0.25) is 0 Å². The van der Waals surface area contributed by atoms with Crippen LogP contribution < -0.4 is 5.32 Å². The van der Waals surface area contributed by atoms with E-state index >= 15 is 0 Å². The van der Waals surface area contributed by atoms with E-state index in [-0.39, 0.29) is 11.8 Å². The first kappa shape index (κ1) is 21.9. The van der Waals surface area contributed by atoms with Gasteiger partial charge in [-0.05, 0) is 26.0 Å². The highest BCUT2D eigenvalue weighted by molar-refractivity contribution is 5.94. The predicted molar refractivity (Wildman–Crippen MR) is 103 cm³/mol. The van der Waals surface area contributed by atoms with Gasteiger partial charge in [0.25, 0.3) is 0 Å². The number of para-hydroxylation sites is 1. The molecule has 26 heavy (non-hydrogen) atoms. The lowest BCUT2D eigenvalue weighted by Crippen LogP contribution is -2.48. The zero-order valence-electron chi connectivity index (χ0n) is 16.8. The molecule has 1 aromatic carbocycles. The molecule has 0 aliphatic rings. The molecule has 0 radical (unpaired) electrons. The molecule has 0 spiro atoms. The first-order valence-corrected chi connectivity index (χ1v) is 8.98. The van der Waals surface area contributed by atoms with E-state index in [1.807, 2.05) is 39.0 Å². The molecular weight excluding hydrogens is 330 g/mol. The lowest BCUT2D eigenvalue weighted by atomic mass is 9.69. The van der Waals surface area contributed by atoms with Crippen LogP contribution in [0.4, 0.5) is 5.69 Å². The first-order chi connectivity index (χ1) is 11.9. The van der Waals surface area contributed by atoms with Crippen LogP contribution in [0.1, 0.15) is 48.5 Å². The van der Waals surface area contributed by atoms with Crippen molar-refractivity contribution in [2.75, 3.05) is 5.32 Å². The molecule has 1 amide bonds. The van der Waals surface area contributed by atoms with Crippen molar-refractivity contribution < 1.29 is 19.1 Å². The van der Waals surface area contributed by atoms with Crippen molar-refractivity contribution in [3.63, 3.8) is 0 Å². The molecule has 144 valence electrons. The molecule has 0 saturated heterocycles. The Labute approximate surface area is 156 Å². The van der Waals surface area contributed by atoms with Crippen molar-refractivity contribution in [2.45, 2.75) is 54.1 Å². The van der Waals surface area contributed by atoms with Gasteiger partial charge in [-0.2, -0.15) is 0 Å². The molecule has 0 aliphatic heterocycles. The van der Waals surface area contributed by atoms with Gasteiger partial charge in [0, 0.05) is 22.9 Å². The molecule has 5 nitrogen and oxygen atoms in total. The normalized spacial score (nSPS) is 15.5. The van der Waals surface area contributed by atoms with Gasteiger partial charge < -0.3 is 14.8 Å². The first-order valence-electron chi connectivity index (χ1n) is 8.98. The van der Waals surface area contributed by atoms with E-state index < -0.39 is 28.8 Å². The molecule has 3 unspecified atom stereocenters. The number of ether oxygens (including phenoxy) is 1. The third kappa shape index (κ3) is 4.93. The Bertz CT molecular complexity index is 637. The minimum atomic E-state index is -0.853. The average molecular weight is 361 g/mol. The molecule has 0 aliphatic carbocycles. The zero-order chi connectivity index (χ0) is 20.1. The summed E-state index contributed by atoms with van der Waals surface area (Å²) in [6, 6.07) is 9.11. The van der Waals surface area contributed by atoms with Crippen LogP contribution in [0.3, 0.4) is 0 Å². The van der Waals surface area contributed by atoms with E-state index in [0.717, 1.165) is 6.29 Å². The van der Waals surface area contributed by atoms with Crippen molar-refractivity contribution in [1.29, 1.82) is 0 Å². The van der Waals surface area contributed by atoms with Gasteiger partial charge in [-0.15, -0.1) is 0 Å². The van der Waals surface area contributed by atoms with Gasteiger partial charge in [0.2, 0.25) is 5.91 Å². The topological polar surface area (TPSA) is 72.5 Å². The molecule has 0 heterocycles. The van der Waals surface area contributed by atoms with E-state index in [9.17, 15) is 14.4 Å². The minimum absolute atomic E-state index is 0.237. The van der Waals surface area contributed by atoms with Gasteiger partial charge >= 0.3 is 5.97 Å². The maximum absolute atomic E-state index is 12.6. The summed E-state index contributed by atoms with van der Waals surface area (Å²) in [7, 11) is 0. The molecule has 1 rings (SSSR count). The van der Waals surface area contributed by atoms with E-state index in [1.54, 1.807) is 39.8 Å². The van der Waals surface area contributed by atoms with Crippen LogP contribution in [0.5, 0.6) is 0 Å². The number of carbonyl (C=O) groups excluding carboxylic acids is 3. The van der Waals surface area contributed by atoms with Crippen LogP contribution in [0.25, 0.3) is 0 Å². The number of hydrogen-bond donors (Lipinski definition) is 1. The van der Waals surface area contributed by atoms with Crippen LogP contribution in [0, 0.1) is 23.2 Å². The summed E-state index contributed by atoms with van der Waals surface area (Å²) >= 11 is 0. The van der Waals surface area contributed by atoms with Crippen molar-refractivity contribution >= 4 is 23.9 Å². The fourth-order valence-electron chi connectivity index (χ4n) is 2.40. The second-order valence-electron chi connectivity index (χ2n) is 8.01. The number of hydrogen-bond acceptors (Lipinski definition) is 4. The lowest BCUT2D eigenvalue weighted by Gasteiger charge is -2.43. The Hall–Kier alpha value is -2.17. The number of rotatable bonds is 8. The Kier molecular flexibility index (Phi) is 7.13. The minimum Gasteiger partial charge on any atom is -0.459 e. The summed E-state index contributed by atoms with van der Waals surface area (Å²) in [4.78, 5) is 36.2. The maximum Gasteiger partial charge on any atom is 0.309 e. The van der Waals surface area contributed by atoms with Crippen LogP contribution in [0.15, 0.2) is 30.3 Å². The average Bonchev–Trinajstić information content (AvgIpc) is 2.59. The largest absolute Gasteiger partial charge is 0.459 e. The molecule has 0 saturated carbocycles. The lowest BCUT2D eigenvalue weighted by molar-refractivity contribution is -0.179. The predicted octanol–water partition coefficient (Wildman–Crippen LogP) is 4.08. The van der Waals surface area contributed by atoms with Crippen molar-refractivity contribution in [1.82, 2.24) is 0 Å². The van der Waals surface area contributed by atoms with Crippen LogP contribution in [-0.4, -0.2) is 23.8 Å². The Balaban J connectivity index is 2.79. The van der Waals surface area contributed by atoms with E-state index in [0.29, 0.717) is 5.69 Å². The molecule has 0 fully saturated rings. The van der Waals surface area contributed by atoms with Crippen LogP contribution in [-0.2, 0) is 19.1 Å². The summed E-state index contributed by atoms with van der Waals surface area (Å²) in [6.45, 7) is 12.6. The van der Waals surface area contributed by atoms with Gasteiger partial charge in [0.05, 0.1) is 5.92 Å². The molecular formula is C21H31NO4. The van der Waals surface area contributed by atoms with E-state index in [4.69, 9.17) is 4.74 Å². The van der Waals surface area contributed by atoms with Crippen LogP contribution >= 0.6 is 0 Å². The highest BCUT2D eigenvalue weighted by atomic mass is 16.6. The van der Waals surface area contributed by atoms with Crippen molar-refractivity contribution in [2.24, 2.45) is 23.2 Å². The maximum atomic E-state index is 12.6. The highest BCUT2D eigenvalue weighted by Crippen LogP contribution is 2.40. The molecule has 5 heteroatoms. The Morgan fingerprint density at radius 1 is 1.00 bits per heavy atom. The summed E-state index contributed by atoms with van der Waals surface area (Å²) in [5.41, 5.74) is -0.709. The van der Waals surface area contributed by atoms with Gasteiger partial charge in [0.15, 0.2) is 0 Å². The molecule has 0 aromatic heterocycles. The summed E-state index contributed by atoms with van der Waals surface area (Å²) in [6.07, 6.45) is 0.870. The highest BCUT2D eigenvalue weighted by Gasteiger charge is 2.45. The van der Waals surface area contributed by atoms with Crippen molar-refractivity contribution in [3.8, 4) is 0 Å². The number of esters is 1. The summed E-state index contributed by atoms with van der Waals surface area (Å²) < 4.78 is 5.73. The third-order valence-corrected chi connectivity index (χ3v) is 5.83.